The molecule has 5 heteroatoms. The van der Waals surface area contributed by atoms with Crippen molar-refractivity contribution in [2.75, 3.05) is 6.54 Å². The molecular weight excluding hydrogens is 254 g/mol. The van der Waals surface area contributed by atoms with Crippen LogP contribution >= 0.6 is 0 Å². The first-order valence-corrected chi connectivity index (χ1v) is 6.18. The first kappa shape index (κ1) is 13.8. The van der Waals surface area contributed by atoms with Crippen molar-refractivity contribution < 1.29 is 9.32 Å². The van der Waals surface area contributed by atoms with Crippen LogP contribution in [0.4, 0.5) is 0 Å². The summed E-state index contributed by atoms with van der Waals surface area (Å²) in [5, 5.41) is 6.53. The number of hydrogen-bond acceptors (Lipinski definition) is 4. The topological polar surface area (TPSA) is 81.2 Å². The quantitative estimate of drug-likeness (QED) is 0.821. The fraction of sp³-hybridized carbons (Fsp3) is 0.200. The van der Waals surface area contributed by atoms with Gasteiger partial charge in [-0.25, -0.2) is 0 Å². The van der Waals surface area contributed by atoms with Gasteiger partial charge in [-0.2, -0.15) is 0 Å². The second-order valence-corrected chi connectivity index (χ2v) is 4.16. The minimum atomic E-state index is -0.165. The summed E-state index contributed by atoms with van der Waals surface area (Å²) in [6, 6.07) is 7.14. The molecular formula is C15H15N3O2. The lowest BCUT2D eigenvalue weighted by Crippen LogP contribution is -2.24. The van der Waals surface area contributed by atoms with E-state index in [1.807, 2.05) is 13.0 Å². The van der Waals surface area contributed by atoms with Crippen molar-refractivity contribution in [2.45, 2.75) is 13.5 Å². The van der Waals surface area contributed by atoms with Gasteiger partial charge in [0, 0.05) is 17.2 Å². The molecule has 0 aliphatic carbocycles. The van der Waals surface area contributed by atoms with Crippen LogP contribution in [0.5, 0.6) is 0 Å². The number of carbonyl (C=O) groups is 1. The minimum Gasteiger partial charge on any atom is -0.364 e. The van der Waals surface area contributed by atoms with Crippen LogP contribution in [-0.2, 0) is 6.54 Å². The molecule has 0 saturated carbocycles. The molecule has 0 aliphatic heterocycles. The Kier molecular flexibility index (Phi) is 4.53. The summed E-state index contributed by atoms with van der Waals surface area (Å²) in [7, 11) is 0. The third-order valence-corrected chi connectivity index (χ3v) is 2.82. The van der Waals surface area contributed by atoms with Gasteiger partial charge in [0.05, 0.1) is 13.1 Å². The van der Waals surface area contributed by atoms with E-state index in [0.29, 0.717) is 24.3 Å². The molecule has 1 amide bonds. The number of hydrogen-bond donors (Lipinski definition) is 2. The van der Waals surface area contributed by atoms with E-state index in [-0.39, 0.29) is 5.91 Å². The Morgan fingerprint density at radius 3 is 3.00 bits per heavy atom. The second kappa shape index (κ2) is 6.55. The van der Waals surface area contributed by atoms with E-state index in [1.165, 1.54) is 6.26 Å². The van der Waals surface area contributed by atoms with E-state index in [4.69, 9.17) is 10.3 Å². The largest absolute Gasteiger partial charge is 0.364 e. The van der Waals surface area contributed by atoms with Gasteiger partial charge in [-0.15, -0.1) is 0 Å². The van der Waals surface area contributed by atoms with Gasteiger partial charge in [-0.05, 0) is 24.6 Å². The lowest BCUT2D eigenvalue weighted by molar-refractivity contribution is 0.0949. The van der Waals surface area contributed by atoms with Crippen molar-refractivity contribution in [1.29, 1.82) is 0 Å². The SMILES string of the molecule is Cc1c(C#CCN)cccc1C(=O)NCc1ccon1. The van der Waals surface area contributed by atoms with E-state index < -0.39 is 0 Å². The molecule has 1 aromatic carbocycles. The maximum absolute atomic E-state index is 12.1. The summed E-state index contributed by atoms with van der Waals surface area (Å²) < 4.78 is 4.71. The molecule has 1 aromatic heterocycles. The van der Waals surface area contributed by atoms with Crippen molar-refractivity contribution in [3.05, 3.63) is 52.9 Å². The van der Waals surface area contributed by atoms with Gasteiger partial charge in [-0.1, -0.05) is 23.1 Å². The molecule has 0 saturated heterocycles. The molecule has 3 N–H and O–H groups in total. The van der Waals surface area contributed by atoms with Crippen LogP contribution in [-0.4, -0.2) is 17.6 Å². The average Bonchev–Trinajstić information content (AvgIpc) is 2.97. The highest BCUT2D eigenvalue weighted by Gasteiger charge is 2.11. The third kappa shape index (κ3) is 3.25. The summed E-state index contributed by atoms with van der Waals surface area (Å²) in [4.78, 5) is 12.1. The summed E-state index contributed by atoms with van der Waals surface area (Å²) in [5.41, 5.74) is 8.28. The minimum absolute atomic E-state index is 0.165. The molecule has 2 rings (SSSR count). The van der Waals surface area contributed by atoms with Gasteiger partial charge in [0.2, 0.25) is 0 Å². The van der Waals surface area contributed by atoms with E-state index in [1.54, 1.807) is 18.2 Å². The Bertz CT molecular complexity index is 651. The molecule has 102 valence electrons. The second-order valence-electron chi connectivity index (χ2n) is 4.16. The molecule has 0 unspecified atom stereocenters. The Morgan fingerprint density at radius 1 is 1.45 bits per heavy atom. The van der Waals surface area contributed by atoms with Gasteiger partial charge in [-0.3, -0.25) is 4.79 Å². The van der Waals surface area contributed by atoms with Crippen LogP contribution in [0, 0.1) is 18.8 Å². The molecule has 0 aliphatic rings. The molecule has 0 spiro atoms. The zero-order chi connectivity index (χ0) is 14.4. The highest BCUT2D eigenvalue weighted by Crippen LogP contribution is 2.13. The molecule has 0 atom stereocenters. The lowest BCUT2D eigenvalue weighted by atomic mass is 10.0. The normalized spacial score (nSPS) is 9.70. The summed E-state index contributed by atoms with van der Waals surface area (Å²) in [5.74, 6) is 5.58. The van der Waals surface area contributed by atoms with Crippen LogP contribution < -0.4 is 11.1 Å². The Labute approximate surface area is 117 Å². The monoisotopic (exact) mass is 269 g/mol. The zero-order valence-corrected chi connectivity index (χ0v) is 11.1. The van der Waals surface area contributed by atoms with E-state index in [0.717, 1.165) is 11.1 Å². The summed E-state index contributed by atoms with van der Waals surface area (Å²) >= 11 is 0. The Balaban J connectivity index is 2.13. The van der Waals surface area contributed by atoms with E-state index in [9.17, 15) is 4.79 Å². The first-order valence-electron chi connectivity index (χ1n) is 6.18. The lowest BCUT2D eigenvalue weighted by Gasteiger charge is -2.07. The van der Waals surface area contributed by atoms with Crippen molar-refractivity contribution in [3.8, 4) is 11.8 Å². The number of rotatable bonds is 3. The number of benzene rings is 1. The number of aromatic nitrogens is 1. The van der Waals surface area contributed by atoms with Crippen molar-refractivity contribution in [1.82, 2.24) is 10.5 Å². The van der Waals surface area contributed by atoms with Crippen LogP contribution in [0.25, 0.3) is 0 Å². The van der Waals surface area contributed by atoms with Gasteiger partial charge >= 0.3 is 0 Å². The molecule has 1 heterocycles. The number of nitrogens with two attached hydrogens (primary N) is 1. The fourth-order valence-electron chi connectivity index (χ4n) is 1.76. The standard InChI is InChI=1S/C15H15N3O2/c1-11-12(5-3-8-16)4-2-6-14(11)15(19)17-10-13-7-9-20-18-13/h2,4,6-7,9H,8,10,16H2,1H3,(H,17,19). The fourth-order valence-corrected chi connectivity index (χ4v) is 1.76. The molecule has 0 radical (unpaired) electrons. The maximum atomic E-state index is 12.1. The predicted octanol–water partition coefficient (Wildman–Crippen LogP) is 1.22. The number of carbonyl (C=O) groups excluding carboxylic acids is 1. The number of nitrogens with zero attached hydrogens (tertiary/aromatic N) is 1. The molecule has 0 fully saturated rings. The predicted molar refractivity (Wildman–Crippen MR) is 74.8 cm³/mol. The Morgan fingerprint density at radius 2 is 2.30 bits per heavy atom. The van der Waals surface area contributed by atoms with Crippen LogP contribution in [0.15, 0.2) is 35.1 Å². The third-order valence-electron chi connectivity index (χ3n) is 2.82. The summed E-state index contributed by atoms with van der Waals surface area (Å²) in [6.45, 7) is 2.49. The van der Waals surface area contributed by atoms with Crippen LogP contribution in [0.1, 0.15) is 27.2 Å². The van der Waals surface area contributed by atoms with Gasteiger partial charge in [0.1, 0.15) is 12.0 Å². The number of nitrogens with one attached hydrogen (secondary N) is 1. The highest BCUT2D eigenvalue weighted by atomic mass is 16.5. The zero-order valence-electron chi connectivity index (χ0n) is 11.1. The molecule has 20 heavy (non-hydrogen) atoms. The van der Waals surface area contributed by atoms with Gasteiger partial charge < -0.3 is 15.6 Å². The first-order chi connectivity index (χ1) is 9.72. The molecule has 2 aromatic rings. The highest BCUT2D eigenvalue weighted by molar-refractivity contribution is 5.96. The van der Waals surface area contributed by atoms with Gasteiger partial charge in [0.15, 0.2) is 0 Å². The van der Waals surface area contributed by atoms with Crippen molar-refractivity contribution in [2.24, 2.45) is 5.73 Å². The van der Waals surface area contributed by atoms with Crippen LogP contribution in [0.3, 0.4) is 0 Å². The van der Waals surface area contributed by atoms with Crippen molar-refractivity contribution in [3.63, 3.8) is 0 Å². The summed E-state index contributed by atoms with van der Waals surface area (Å²) in [6.07, 6.45) is 1.47. The van der Waals surface area contributed by atoms with Gasteiger partial charge in [0.25, 0.3) is 5.91 Å². The van der Waals surface area contributed by atoms with Crippen molar-refractivity contribution >= 4 is 5.91 Å². The maximum Gasteiger partial charge on any atom is 0.251 e. The molecule has 5 nitrogen and oxygen atoms in total. The Hall–Kier alpha value is -2.58. The average molecular weight is 269 g/mol. The smallest absolute Gasteiger partial charge is 0.251 e. The van der Waals surface area contributed by atoms with Crippen LogP contribution in [0.2, 0.25) is 0 Å². The number of amides is 1. The van der Waals surface area contributed by atoms with E-state index in [2.05, 4.69) is 22.3 Å². The van der Waals surface area contributed by atoms with E-state index >= 15 is 0 Å². The molecule has 0 bridgehead atoms.